The summed E-state index contributed by atoms with van der Waals surface area (Å²) in [6.07, 6.45) is 2.10. The van der Waals surface area contributed by atoms with Gasteiger partial charge in [0.1, 0.15) is 5.69 Å². The Balaban J connectivity index is 1.96. The van der Waals surface area contributed by atoms with E-state index in [-0.39, 0.29) is 28.1 Å². The highest BCUT2D eigenvalue weighted by atomic mass is 32.2. The van der Waals surface area contributed by atoms with Gasteiger partial charge in [-0.2, -0.15) is 21.6 Å². The van der Waals surface area contributed by atoms with Gasteiger partial charge in [0.05, 0.1) is 12.3 Å². The van der Waals surface area contributed by atoms with E-state index < -0.39 is 21.5 Å². The van der Waals surface area contributed by atoms with Crippen molar-refractivity contribution < 1.29 is 31.1 Å². The van der Waals surface area contributed by atoms with Crippen molar-refractivity contribution in [2.75, 3.05) is 29.3 Å². The fourth-order valence-electron chi connectivity index (χ4n) is 3.08. The van der Waals surface area contributed by atoms with Crippen molar-refractivity contribution in [1.82, 2.24) is 10.2 Å². The molecule has 0 amide bonds. The number of nitrogens with zero attached hydrogens (tertiary/aromatic N) is 5. The lowest BCUT2D eigenvalue weighted by molar-refractivity contribution is -0.0429. The summed E-state index contributed by atoms with van der Waals surface area (Å²) in [5.41, 5.74) is -4.57. The number of sulfonamides is 1. The number of esters is 1. The molecule has 3 rings (SSSR count). The fourth-order valence-corrected chi connectivity index (χ4v) is 4.21. The maximum absolute atomic E-state index is 13.0. The molecule has 10 nitrogen and oxygen atoms in total. The molecule has 0 bridgehead atoms. The number of hydrogen-bond donors (Lipinski definition) is 1. The SMILES string of the molecule is CCCOC(=O)c1nnc(N=Nc2cc3c(cc2NS(=O)(=O)C(F)(F)F)N(CC)CCC3)s1. The van der Waals surface area contributed by atoms with Gasteiger partial charge >= 0.3 is 21.5 Å². The van der Waals surface area contributed by atoms with Gasteiger partial charge in [0, 0.05) is 18.8 Å². The van der Waals surface area contributed by atoms with Crippen molar-refractivity contribution in [1.29, 1.82) is 0 Å². The van der Waals surface area contributed by atoms with Crippen molar-refractivity contribution in [3.63, 3.8) is 0 Å². The smallest absolute Gasteiger partial charge is 0.460 e. The number of carbonyl (C=O) groups is 1. The van der Waals surface area contributed by atoms with Crippen LogP contribution in [-0.2, 0) is 21.2 Å². The van der Waals surface area contributed by atoms with Crippen molar-refractivity contribution in [3.8, 4) is 0 Å². The number of carbonyl (C=O) groups excluding carboxylic acids is 1. The normalized spacial score (nSPS) is 14.4. The van der Waals surface area contributed by atoms with Gasteiger partial charge in [-0.3, -0.25) is 4.72 Å². The first-order chi connectivity index (χ1) is 15.6. The van der Waals surface area contributed by atoms with Gasteiger partial charge in [0.25, 0.3) is 5.13 Å². The zero-order chi connectivity index (χ0) is 24.2. The lowest BCUT2D eigenvalue weighted by atomic mass is 10.0. The van der Waals surface area contributed by atoms with E-state index in [1.54, 1.807) is 4.72 Å². The topological polar surface area (TPSA) is 126 Å². The Labute approximate surface area is 191 Å². The minimum Gasteiger partial charge on any atom is -0.460 e. The number of azo groups is 1. The molecule has 1 aromatic heterocycles. The summed E-state index contributed by atoms with van der Waals surface area (Å²) >= 11 is 0.783. The highest BCUT2D eigenvalue weighted by Gasteiger charge is 2.46. The summed E-state index contributed by atoms with van der Waals surface area (Å²) in [7, 11) is -5.68. The number of aromatic nitrogens is 2. The third-order valence-electron chi connectivity index (χ3n) is 4.61. The Morgan fingerprint density at radius 3 is 2.70 bits per heavy atom. The van der Waals surface area contributed by atoms with Crippen LogP contribution in [0.15, 0.2) is 22.4 Å². The summed E-state index contributed by atoms with van der Waals surface area (Å²) in [6.45, 7) is 5.22. The van der Waals surface area contributed by atoms with Crippen LogP contribution in [0.5, 0.6) is 0 Å². The molecule has 1 N–H and O–H groups in total. The summed E-state index contributed by atoms with van der Waals surface area (Å²) < 4.78 is 68.9. The Morgan fingerprint density at radius 1 is 1.27 bits per heavy atom. The quantitative estimate of drug-likeness (QED) is 0.411. The molecule has 180 valence electrons. The Kier molecular flexibility index (Phi) is 7.51. The first-order valence-electron chi connectivity index (χ1n) is 9.99. The monoisotopic (exact) mass is 506 g/mol. The predicted molar refractivity (Wildman–Crippen MR) is 116 cm³/mol. The van der Waals surface area contributed by atoms with E-state index in [1.165, 1.54) is 12.1 Å². The third-order valence-corrected chi connectivity index (χ3v) is 6.50. The molecule has 0 aliphatic carbocycles. The van der Waals surface area contributed by atoms with Crippen LogP contribution >= 0.6 is 11.3 Å². The molecule has 0 spiro atoms. The highest BCUT2D eigenvalue weighted by molar-refractivity contribution is 7.93. The number of anilines is 2. The molecule has 1 aliphatic heterocycles. The number of alkyl halides is 3. The van der Waals surface area contributed by atoms with Crippen molar-refractivity contribution in [2.24, 2.45) is 10.2 Å². The molecule has 0 saturated carbocycles. The van der Waals surface area contributed by atoms with Gasteiger partial charge < -0.3 is 9.64 Å². The van der Waals surface area contributed by atoms with Crippen LogP contribution in [0.2, 0.25) is 0 Å². The van der Waals surface area contributed by atoms with Crippen LogP contribution in [-0.4, -0.2) is 49.8 Å². The molecule has 2 heterocycles. The van der Waals surface area contributed by atoms with E-state index in [9.17, 15) is 26.4 Å². The second-order valence-electron chi connectivity index (χ2n) is 6.96. The van der Waals surface area contributed by atoms with E-state index in [0.29, 0.717) is 31.6 Å². The molecule has 2 aromatic rings. The molecule has 15 heteroatoms. The summed E-state index contributed by atoms with van der Waals surface area (Å²) in [6, 6.07) is 2.82. The predicted octanol–water partition coefficient (Wildman–Crippen LogP) is 4.55. The summed E-state index contributed by atoms with van der Waals surface area (Å²) in [5, 5.41) is 15.0. The largest absolute Gasteiger partial charge is 0.516 e. The number of rotatable bonds is 8. The number of benzene rings is 1. The van der Waals surface area contributed by atoms with E-state index in [4.69, 9.17) is 4.74 Å². The Bertz CT molecular complexity index is 1150. The fraction of sp³-hybridized carbons (Fsp3) is 0.500. The minimum absolute atomic E-state index is 0.0454. The number of halogens is 3. The van der Waals surface area contributed by atoms with Gasteiger partial charge in [-0.05, 0) is 43.9 Å². The van der Waals surface area contributed by atoms with Crippen LogP contribution in [0.1, 0.15) is 42.1 Å². The Hall–Kier alpha value is -2.81. The standard InChI is InChI=1S/C18H21F3N6O4S2/c1-3-8-31-16(28)15-23-25-17(32-15)24-22-12-9-11-6-5-7-27(4-2)14(11)10-13(12)26-33(29,30)18(19,20)21/h9-10,26H,3-8H2,1-2H3. The van der Waals surface area contributed by atoms with Gasteiger partial charge in [-0.1, -0.05) is 18.3 Å². The number of fused-ring (bicyclic) bond motifs is 1. The lowest BCUT2D eigenvalue weighted by Gasteiger charge is -2.31. The van der Waals surface area contributed by atoms with Crippen molar-refractivity contribution in [3.05, 3.63) is 22.7 Å². The molecular weight excluding hydrogens is 485 g/mol. The Morgan fingerprint density at radius 2 is 2.03 bits per heavy atom. The molecule has 1 aromatic carbocycles. The maximum atomic E-state index is 13.0. The van der Waals surface area contributed by atoms with E-state index in [0.717, 1.165) is 23.3 Å². The third kappa shape index (κ3) is 5.76. The van der Waals surface area contributed by atoms with Gasteiger partial charge in [0.15, 0.2) is 0 Å². The van der Waals surface area contributed by atoms with Gasteiger partial charge in [-0.25, -0.2) is 4.79 Å². The summed E-state index contributed by atoms with van der Waals surface area (Å²) in [5.74, 6) is -0.678. The number of aryl methyl sites for hydroxylation is 1. The highest BCUT2D eigenvalue weighted by Crippen LogP contribution is 2.39. The average molecular weight is 507 g/mol. The van der Waals surface area contributed by atoms with Crippen LogP contribution in [0.25, 0.3) is 0 Å². The molecule has 0 fully saturated rings. The van der Waals surface area contributed by atoms with Crippen LogP contribution in [0.3, 0.4) is 0 Å². The number of hydrogen-bond acceptors (Lipinski definition) is 10. The summed E-state index contributed by atoms with van der Waals surface area (Å²) in [4.78, 5) is 13.8. The molecule has 0 unspecified atom stereocenters. The number of nitrogens with one attached hydrogen (secondary N) is 1. The van der Waals surface area contributed by atoms with Crippen LogP contribution < -0.4 is 9.62 Å². The first-order valence-corrected chi connectivity index (χ1v) is 12.3. The first kappa shape index (κ1) is 24.8. The van der Waals surface area contributed by atoms with Gasteiger partial charge in [-0.15, -0.1) is 20.4 Å². The second kappa shape index (κ2) is 9.99. The molecule has 0 radical (unpaired) electrons. The number of ether oxygens (including phenoxy) is 1. The van der Waals surface area contributed by atoms with E-state index in [2.05, 4.69) is 20.4 Å². The minimum atomic E-state index is -5.68. The molecular formula is C18H21F3N6O4S2. The maximum Gasteiger partial charge on any atom is 0.516 e. The zero-order valence-corrected chi connectivity index (χ0v) is 19.3. The molecule has 1 aliphatic rings. The van der Waals surface area contributed by atoms with Crippen LogP contribution in [0, 0.1) is 0 Å². The molecule has 0 saturated heterocycles. The molecule has 0 atom stereocenters. The second-order valence-corrected chi connectivity index (χ2v) is 9.59. The lowest BCUT2D eigenvalue weighted by Crippen LogP contribution is -2.31. The molecule has 33 heavy (non-hydrogen) atoms. The van der Waals surface area contributed by atoms with Gasteiger partial charge in [0.2, 0.25) is 5.01 Å². The van der Waals surface area contributed by atoms with Crippen molar-refractivity contribution >= 4 is 49.5 Å². The average Bonchev–Trinajstić information content (AvgIpc) is 3.23. The van der Waals surface area contributed by atoms with Crippen LogP contribution in [0.4, 0.5) is 35.4 Å². The zero-order valence-electron chi connectivity index (χ0n) is 17.7. The van der Waals surface area contributed by atoms with E-state index >= 15 is 0 Å². The van der Waals surface area contributed by atoms with Crippen molar-refractivity contribution in [2.45, 2.75) is 38.6 Å². The van der Waals surface area contributed by atoms with E-state index in [1.807, 2.05) is 18.7 Å².